The molecule has 0 radical (unpaired) electrons. The number of benzene rings is 3. The molecule has 1 unspecified atom stereocenters. The maximum absolute atomic E-state index is 13.7. The summed E-state index contributed by atoms with van der Waals surface area (Å²) in [6, 6.07) is 20.5. The Morgan fingerprint density at radius 1 is 0.895 bits per heavy atom. The number of hydrogen-bond acceptors (Lipinski definition) is 4. The topological polar surface area (TPSA) is 86.8 Å². The molecule has 0 aliphatic heterocycles. The number of carbonyl (C=O) groups is 2. The van der Waals surface area contributed by atoms with Gasteiger partial charge in [0, 0.05) is 20.0 Å². The molecule has 0 aliphatic carbocycles. The van der Waals surface area contributed by atoms with E-state index in [0.29, 0.717) is 15.9 Å². The Kier molecular flexibility index (Phi) is 9.16. The Hall–Kier alpha value is -3.86. The lowest BCUT2D eigenvalue weighted by molar-refractivity contribution is -0.139. The number of amides is 2. The molecular formula is C27H28F3N3O4S. The maximum atomic E-state index is 13.7. The van der Waals surface area contributed by atoms with Crippen LogP contribution in [0.25, 0.3) is 0 Å². The summed E-state index contributed by atoms with van der Waals surface area (Å²) in [6.45, 7) is -0.819. The largest absolute Gasteiger partial charge is 0.416 e. The molecule has 7 nitrogen and oxygen atoms in total. The van der Waals surface area contributed by atoms with Gasteiger partial charge in [0.15, 0.2) is 0 Å². The molecule has 38 heavy (non-hydrogen) atoms. The fourth-order valence-electron chi connectivity index (χ4n) is 3.95. The zero-order valence-electron chi connectivity index (χ0n) is 20.9. The quantitative estimate of drug-likeness (QED) is 0.418. The van der Waals surface area contributed by atoms with Gasteiger partial charge < -0.3 is 10.2 Å². The van der Waals surface area contributed by atoms with E-state index >= 15 is 0 Å². The van der Waals surface area contributed by atoms with Gasteiger partial charge in [-0.2, -0.15) is 13.2 Å². The fraction of sp³-hybridized carbons (Fsp3) is 0.259. The highest BCUT2D eigenvalue weighted by Gasteiger charge is 2.34. The lowest BCUT2D eigenvalue weighted by Gasteiger charge is -2.33. The molecule has 3 aromatic rings. The van der Waals surface area contributed by atoms with Crippen molar-refractivity contribution in [3.63, 3.8) is 0 Å². The van der Waals surface area contributed by atoms with Crippen LogP contribution in [-0.2, 0) is 38.8 Å². The summed E-state index contributed by atoms with van der Waals surface area (Å²) < 4.78 is 65.9. The van der Waals surface area contributed by atoms with Gasteiger partial charge in [-0.3, -0.25) is 13.9 Å². The molecule has 1 N–H and O–H groups in total. The fourth-order valence-corrected chi connectivity index (χ4v) is 4.79. The first kappa shape index (κ1) is 28.7. The van der Waals surface area contributed by atoms with Crippen molar-refractivity contribution in [1.29, 1.82) is 0 Å². The van der Waals surface area contributed by atoms with Crippen LogP contribution >= 0.6 is 0 Å². The van der Waals surface area contributed by atoms with Crippen molar-refractivity contribution in [1.82, 2.24) is 10.2 Å². The van der Waals surface area contributed by atoms with Gasteiger partial charge in [0.2, 0.25) is 21.8 Å². The lowest BCUT2D eigenvalue weighted by atomic mass is 10.0. The predicted molar refractivity (Wildman–Crippen MR) is 139 cm³/mol. The number of nitrogens with zero attached hydrogens (tertiary/aromatic N) is 2. The minimum absolute atomic E-state index is 0.0230. The van der Waals surface area contributed by atoms with Crippen molar-refractivity contribution >= 4 is 27.5 Å². The second-order valence-electron chi connectivity index (χ2n) is 8.64. The first-order chi connectivity index (χ1) is 17.9. The molecule has 0 aromatic heterocycles. The van der Waals surface area contributed by atoms with E-state index in [1.165, 1.54) is 18.0 Å². The summed E-state index contributed by atoms with van der Waals surface area (Å²) in [6.07, 6.45) is -3.76. The van der Waals surface area contributed by atoms with E-state index in [0.717, 1.165) is 24.0 Å². The highest BCUT2D eigenvalue weighted by atomic mass is 32.2. The van der Waals surface area contributed by atoms with Crippen molar-refractivity contribution in [2.45, 2.75) is 25.2 Å². The van der Waals surface area contributed by atoms with Crippen LogP contribution in [-0.4, -0.2) is 51.0 Å². The highest BCUT2D eigenvalue weighted by molar-refractivity contribution is 7.92. The summed E-state index contributed by atoms with van der Waals surface area (Å²) in [5, 5.41) is 2.56. The molecular weight excluding hydrogens is 519 g/mol. The molecule has 0 fully saturated rings. The molecule has 11 heteroatoms. The van der Waals surface area contributed by atoms with Crippen LogP contribution in [0.5, 0.6) is 0 Å². The standard InChI is InChI=1S/C27H28F3N3O4S/c1-31-26(35)24(16-20-10-5-3-6-11-20)32(18-21-12-7-4-8-13-21)25(34)19-33(38(2,36)37)23-15-9-14-22(17-23)27(28,29)30/h3-15,17,24H,16,18-19H2,1-2H3,(H,31,35). The number of anilines is 1. The van der Waals surface area contributed by atoms with Crippen molar-refractivity contribution in [2.75, 3.05) is 24.2 Å². The van der Waals surface area contributed by atoms with Gasteiger partial charge in [0.05, 0.1) is 17.5 Å². The predicted octanol–water partition coefficient (Wildman–Crippen LogP) is 3.86. The number of sulfonamides is 1. The van der Waals surface area contributed by atoms with E-state index in [1.54, 1.807) is 54.6 Å². The number of halogens is 3. The molecule has 0 heterocycles. The Bertz CT molecular complexity index is 1350. The number of likely N-dealkylation sites (N-methyl/N-ethyl adjacent to an activating group) is 1. The maximum Gasteiger partial charge on any atom is 0.416 e. The van der Waals surface area contributed by atoms with Gasteiger partial charge in [-0.1, -0.05) is 66.7 Å². The van der Waals surface area contributed by atoms with Gasteiger partial charge in [-0.15, -0.1) is 0 Å². The van der Waals surface area contributed by atoms with E-state index in [1.807, 2.05) is 6.07 Å². The molecule has 0 aliphatic rings. The normalized spacial score (nSPS) is 12.4. The summed E-state index contributed by atoms with van der Waals surface area (Å²) in [5.74, 6) is -1.22. The van der Waals surface area contributed by atoms with Crippen LogP contribution < -0.4 is 9.62 Å². The molecule has 0 spiro atoms. The van der Waals surface area contributed by atoms with Crippen molar-refractivity contribution in [2.24, 2.45) is 0 Å². The molecule has 0 saturated heterocycles. The van der Waals surface area contributed by atoms with Crippen molar-refractivity contribution in [3.05, 3.63) is 102 Å². The molecule has 3 rings (SSSR count). The zero-order valence-corrected chi connectivity index (χ0v) is 21.7. The Balaban J connectivity index is 2.03. The monoisotopic (exact) mass is 547 g/mol. The van der Waals surface area contributed by atoms with Gasteiger partial charge in [-0.05, 0) is 29.3 Å². The van der Waals surface area contributed by atoms with Gasteiger partial charge in [0.25, 0.3) is 0 Å². The summed E-state index contributed by atoms with van der Waals surface area (Å²) >= 11 is 0. The average molecular weight is 548 g/mol. The van der Waals surface area contributed by atoms with Gasteiger partial charge in [0.1, 0.15) is 12.6 Å². The van der Waals surface area contributed by atoms with E-state index in [-0.39, 0.29) is 18.7 Å². The van der Waals surface area contributed by atoms with Gasteiger partial charge >= 0.3 is 6.18 Å². The van der Waals surface area contributed by atoms with Crippen LogP contribution in [0.3, 0.4) is 0 Å². The second-order valence-corrected chi connectivity index (χ2v) is 10.6. The highest BCUT2D eigenvalue weighted by Crippen LogP contribution is 2.32. The van der Waals surface area contributed by atoms with Crippen molar-refractivity contribution in [3.8, 4) is 0 Å². The van der Waals surface area contributed by atoms with Crippen LogP contribution in [0, 0.1) is 0 Å². The minimum atomic E-state index is -4.71. The Morgan fingerprint density at radius 3 is 2.00 bits per heavy atom. The summed E-state index contributed by atoms with van der Waals surface area (Å²) in [4.78, 5) is 28.0. The molecule has 1 atom stereocenters. The van der Waals surface area contributed by atoms with Crippen LogP contribution in [0.2, 0.25) is 0 Å². The molecule has 202 valence electrons. The van der Waals surface area contributed by atoms with Crippen LogP contribution in [0.1, 0.15) is 16.7 Å². The van der Waals surface area contributed by atoms with Gasteiger partial charge in [-0.25, -0.2) is 8.42 Å². The lowest BCUT2D eigenvalue weighted by Crippen LogP contribution is -2.52. The molecule has 0 bridgehead atoms. The summed E-state index contributed by atoms with van der Waals surface area (Å²) in [5.41, 5.74) is 0.0945. The van der Waals surface area contributed by atoms with E-state index < -0.39 is 46.2 Å². The van der Waals surface area contributed by atoms with Crippen LogP contribution in [0.15, 0.2) is 84.9 Å². The summed E-state index contributed by atoms with van der Waals surface area (Å²) in [7, 11) is -2.75. The SMILES string of the molecule is CNC(=O)C(Cc1ccccc1)N(Cc1ccccc1)C(=O)CN(c1cccc(C(F)(F)F)c1)S(C)(=O)=O. The van der Waals surface area contributed by atoms with E-state index in [9.17, 15) is 31.2 Å². The Morgan fingerprint density at radius 2 is 1.47 bits per heavy atom. The average Bonchev–Trinajstić information content (AvgIpc) is 2.88. The number of rotatable bonds is 10. The van der Waals surface area contributed by atoms with Crippen LogP contribution in [0.4, 0.5) is 18.9 Å². The van der Waals surface area contributed by atoms with E-state index in [4.69, 9.17) is 0 Å². The first-order valence-corrected chi connectivity index (χ1v) is 13.5. The number of carbonyl (C=O) groups excluding carboxylic acids is 2. The minimum Gasteiger partial charge on any atom is -0.357 e. The molecule has 2 amide bonds. The molecule has 0 saturated carbocycles. The van der Waals surface area contributed by atoms with Crippen molar-refractivity contribution < 1.29 is 31.2 Å². The van der Waals surface area contributed by atoms with E-state index in [2.05, 4.69) is 5.32 Å². The molecule has 3 aromatic carbocycles. The third-order valence-corrected chi connectivity index (χ3v) is 6.99. The second kappa shape index (κ2) is 12.1. The number of alkyl halides is 3. The number of hydrogen-bond donors (Lipinski definition) is 1. The smallest absolute Gasteiger partial charge is 0.357 e. The number of nitrogens with one attached hydrogen (secondary N) is 1. The third-order valence-electron chi connectivity index (χ3n) is 5.85. The third kappa shape index (κ3) is 7.58. The first-order valence-electron chi connectivity index (χ1n) is 11.6. The zero-order chi connectivity index (χ0) is 27.9. The Labute approximate surface area is 219 Å².